The smallest absolute Gasteiger partial charge is 0.167 e. The van der Waals surface area contributed by atoms with Crippen LogP contribution < -0.4 is 0 Å². The average molecular weight is 254 g/mol. The SMILES string of the molecule is Cc1cccc2c1C(=O)C1C3CCC(C3C)C1C2=O. The van der Waals surface area contributed by atoms with Gasteiger partial charge in [-0.05, 0) is 43.1 Å². The maximum atomic E-state index is 12.8. The van der Waals surface area contributed by atoms with Gasteiger partial charge in [-0.2, -0.15) is 0 Å². The molecule has 0 aromatic heterocycles. The summed E-state index contributed by atoms with van der Waals surface area (Å²) in [6.07, 6.45) is 2.26. The molecule has 0 amide bonds. The van der Waals surface area contributed by atoms with Gasteiger partial charge < -0.3 is 0 Å². The van der Waals surface area contributed by atoms with Gasteiger partial charge in [0.2, 0.25) is 0 Å². The van der Waals surface area contributed by atoms with Crippen molar-refractivity contribution in [1.82, 2.24) is 0 Å². The van der Waals surface area contributed by atoms with Crippen molar-refractivity contribution < 1.29 is 9.59 Å². The first kappa shape index (κ1) is 11.4. The van der Waals surface area contributed by atoms with Crippen LogP contribution in [0.2, 0.25) is 0 Å². The summed E-state index contributed by atoms with van der Waals surface area (Å²) in [5.41, 5.74) is 2.37. The molecule has 0 aliphatic heterocycles. The number of carbonyl (C=O) groups is 2. The number of benzene rings is 1. The second kappa shape index (κ2) is 3.56. The molecule has 5 unspecified atom stereocenters. The van der Waals surface area contributed by atoms with E-state index in [9.17, 15) is 9.59 Å². The van der Waals surface area contributed by atoms with E-state index in [0.29, 0.717) is 28.9 Å². The maximum absolute atomic E-state index is 12.8. The molecule has 0 N–H and O–H groups in total. The highest BCUT2D eigenvalue weighted by Gasteiger charge is 2.60. The third-order valence-electron chi connectivity index (χ3n) is 5.88. The summed E-state index contributed by atoms with van der Waals surface area (Å²) in [4.78, 5) is 25.6. The van der Waals surface area contributed by atoms with Crippen molar-refractivity contribution in [2.75, 3.05) is 0 Å². The first-order valence-electron chi connectivity index (χ1n) is 7.29. The van der Waals surface area contributed by atoms with E-state index < -0.39 is 0 Å². The van der Waals surface area contributed by atoms with E-state index in [0.717, 1.165) is 18.4 Å². The zero-order valence-electron chi connectivity index (χ0n) is 11.3. The van der Waals surface area contributed by atoms with E-state index in [-0.39, 0.29) is 23.4 Å². The Hall–Kier alpha value is -1.44. The quantitative estimate of drug-likeness (QED) is 0.712. The molecule has 2 heteroatoms. The van der Waals surface area contributed by atoms with Gasteiger partial charge in [0.05, 0.1) is 0 Å². The highest BCUT2D eigenvalue weighted by Crippen LogP contribution is 2.59. The van der Waals surface area contributed by atoms with E-state index in [1.807, 2.05) is 25.1 Å². The maximum Gasteiger partial charge on any atom is 0.167 e. The number of hydrogen-bond acceptors (Lipinski definition) is 2. The Morgan fingerprint density at radius 1 is 1.00 bits per heavy atom. The minimum Gasteiger partial charge on any atom is -0.294 e. The molecule has 3 aliphatic carbocycles. The molecular weight excluding hydrogens is 236 g/mol. The van der Waals surface area contributed by atoms with Gasteiger partial charge in [0, 0.05) is 23.0 Å². The van der Waals surface area contributed by atoms with E-state index in [1.54, 1.807) is 0 Å². The third-order valence-corrected chi connectivity index (χ3v) is 5.88. The molecule has 1 aromatic rings. The Bertz CT molecular complexity index is 601. The van der Waals surface area contributed by atoms with Crippen molar-refractivity contribution in [2.24, 2.45) is 29.6 Å². The molecule has 0 saturated heterocycles. The number of fused-ring (bicyclic) bond motifs is 6. The Morgan fingerprint density at radius 2 is 1.63 bits per heavy atom. The topological polar surface area (TPSA) is 34.1 Å². The molecule has 19 heavy (non-hydrogen) atoms. The predicted molar refractivity (Wildman–Crippen MR) is 72.2 cm³/mol. The lowest BCUT2D eigenvalue weighted by molar-refractivity contribution is 0.0660. The van der Waals surface area contributed by atoms with Crippen LogP contribution in [-0.4, -0.2) is 11.6 Å². The summed E-state index contributed by atoms with van der Waals surface area (Å²) in [6, 6.07) is 5.69. The zero-order chi connectivity index (χ0) is 13.3. The van der Waals surface area contributed by atoms with E-state index in [1.165, 1.54) is 0 Å². The van der Waals surface area contributed by atoms with Crippen molar-refractivity contribution in [3.8, 4) is 0 Å². The number of rotatable bonds is 0. The molecule has 2 fully saturated rings. The van der Waals surface area contributed by atoms with Crippen LogP contribution in [0.4, 0.5) is 0 Å². The lowest BCUT2D eigenvalue weighted by Crippen LogP contribution is -2.40. The fraction of sp³-hybridized carbons (Fsp3) is 0.529. The minimum atomic E-state index is -0.0187. The van der Waals surface area contributed by atoms with Crippen LogP contribution in [0.5, 0.6) is 0 Å². The largest absolute Gasteiger partial charge is 0.294 e. The van der Waals surface area contributed by atoms with Gasteiger partial charge >= 0.3 is 0 Å². The number of aryl methyl sites for hydroxylation is 1. The van der Waals surface area contributed by atoms with Crippen molar-refractivity contribution in [1.29, 1.82) is 0 Å². The van der Waals surface area contributed by atoms with Crippen LogP contribution in [0.25, 0.3) is 0 Å². The molecule has 98 valence electrons. The normalized spacial score (nSPS) is 39.4. The predicted octanol–water partition coefficient (Wildman–Crippen LogP) is 3.28. The van der Waals surface area contributed by atoms with Gasteiger partial charge in [-0.3, -0.25) is 9.59 Å². The first-order chi connectivity index (χ1) is 9.11. The number of hydrogen-bond donors (Lipinski definition) is 0. The Labute approximate surface area is 113 Å². The van der Waals surface area contributed by atoms with Gasteiger partial charge in [-0.15, -0.1) is 0 Å². The van der Waals surface area contributed by atoms with Crippen LogP contribution >= 0.6 is 0 Å². The second-order valence-corrected chi connectivity index (χ2v) is 6.54. The molecule has 5 atom stereocenters. The first-order valence-corrected chi connectivity index (χ1v) is 7.29. The second-order valence-electron chi connectivity index (χ2n) is 6.54. The summed E-state index contributed by atoms with van der Waals surface area (Å²) in [6.45, 7) is 4.18. The summed E-state index contributed by atoms with van der Waals surface area (Å²) in [7, 11) is 0. The van der Waals surface area contributed by atoms with Crippen LogP contribution in [0.15, 0.2) is 18.2 Å². The number of ketones is 2. The molecule has 0 heterocycles. The molecule has 2 bridgehead atoms. The summed E-state index contributed by atoms with van der Waals surface area (Å²) in [5, 5.41) is 0. The van der Waals surface area contributed by atoms with Crippen LogP contribution in [0.1, 0.15) is 46.0 Å². The molecule has 1 aromatic carbocycles. The summed E-state index contributed by atoms with van der Waals surface area (Å²) < 4.78 is 0. The Morgan fingerprint density at radius 3 is 2.32 bits per heavy atom. The monoisotopic (exact) mass is 254 g/mol. The fourth-order valence-electron chi connectivity index (χ4n) is 5.04. The fourth-order valence-corrected chi connectivity index (χ4v) is 5.04. The Balaban J connectivity index is 1.93. The molecule has 0 spiro atoms. The van der Waals surface area contributed by atoms with Gasteiger partial charge in [0.15, 0.2) is 11.6 Å². The Kier molecular flexibility index (Phi) is 2.13. The van der Waals surface area contributed by atoms with Crippen molar-refractivity contribution in [3.63, 3.8) is 0 Å². The number of carbonyl (C=O) groups excluding carboxylic acids is 2. The van der Waals surface area contributed by atoms with Crippen LogP contribution in [-0.2, 0) is 0 Å². The number of Topliss-reactive ketones (excluding diaryl/α,β-unsaturated/α-hetero) is 2. The summed E-state index contributed by atoms with van der Waals surface area (Å²) in [5.74, 6) is 1.88. The zero-order valence-corrected chi connectivity index (χ0v) is 11.3. The van der Waals surface area contributed by atoms with Crippen molar-refractivity contribution in [2.45, 2.75) is 26.7 Å². The van der Waals surface area contributed by atoms with Gasteiger partial charge in [-0.25, -0.2) is 0 Å². The van der Waals surface area contributed by atoms with E-state index in [2.05, 4.69) is 6.92 Å². The standard InChI is InChI=1S/C17H18O2/c1-8-4-3-5-12-13(8)17(19)15-11-7-6-10(9(11)2)14(15)16(12)18/h3-5,9-11,14-15H,6-7H2,1-2H3. The van der Waals surface area contributed by atoms with Crippen molar-refractivity contribution in [3.05, 3.63) is 34.9 Å². The van der Waals surface area contributed by atoms with Crippen LogP contribution in [0, 0.1) is 36.5 Å². The van der Waals surface area contributed by atoms with Gasteiger partial charge in [0.25, 0.3) is 0 Å². The molecule has 0 radical (unpaired) electrons. The van der Waals surface area contributed by atoms with E-state index in [4.69, 9.17) is 0 Å². The minimum absolute atomic E-state index is 0.0180. The lowest BCUT2D eigenvalue weighted by atomic mass is 9.67. The van der Waals surface area contributed by atoms with Gasteiger partial charge in [0.1, 0.15) is 0 Å². The average Bonchev–Trinajstić information content (AvgIpc) is 2.89. The van der Waals surface area contributed by atoms with Crippen LogP contribution in [0.3, 0.4) is 0 Å². The van der Waals surface area contributed by atoms with Gasteiger partial charge in [-0.1, -0.05) is 25.1 Å². The molecule has 4 rings (SSSR count). The van der Waals surface area contributed by atoms with E-state index >= 15 is 0 Å². The molecule has 3 aliphatic rings. The third kappa shape index (κ3) is 1.22. The molecule has 2 nitrogen and oxygen atoms in total. The molecule has 2 saturated carbocycles. The lowest BCUT2D eigenvalue weighted by Gasteiger charge is -2.34. The highest BCUT2D eigenvalue weighted by atomic mass is 16.1. The molecular formula is C17H18O2. The van der Waals surface area contributed by atoms with Crippen molar-refractivity contribution >= 4 is 11.6 Å². The summed E-state index contributed by atoms with van der Waals surface area (Å²) >= 11 is 0. The highest BCUT2D eigenvalue weighted by molar-refractivity contribution is 6.17.